The molecule has 0 aromatic heterocycles. The minimum Gasteiger partial charge on any atom is -0.379 e. The molecular formula is C13H18N2O4S. The molecule has 1 saturated carbocycles. The maximum absolute atomic E-state index is 11.6. The molecule has 0 spiro atoms. The quantitative estimate of drug-likeness (QED) is 0.644. The number of benzene rings is 1. The van der Waals surface area contributed by atoms with E-state index in [1.807, 2.05) is 0 Å². The number of nitro benzene ring substituents is 1. The van der Waals surface area contributed by atoms with E-state index in [2.05, 4.69) is 5.32 Å². The van der Waals surface area contributed by atoms with E-state index in [-0.39, 0.29) is 16.3 Å². The number of anilines is 1. The third-order valence-electron chi connectivity index (χ3n) is 3.67. The Bertz CT molecular complexity index is 609. The normalized spacial score (nSPS) is 15.7. The molecule has 7 heteroatoms. The van der Waals surface area contributed by atoms with Crippen molar-refractivity contribution in [2.45, 2.75) is 30.6 Å². The predicted octanol–water partition coefficient (Wildman–Crippen LogP) is 2.60. The highest BCUT2D eigenvalue weighted by Gasteiger charge is 2.26. The van der Waals surface area contributed by atoms with Crippen LogP contribution in [0.25, 0.3) is 0 Å². The Labute approximate surface area is 118 Å². The fourth-order valence-electron chi connectivity index (χ4n) is 2.34. The lowest BCUT2D eigenvalue weighted by Crippen LogP contribution is -2.16. The Kier molecular flexibility index (Phi) is 4.27. The zero-order chi connectivity index (χ0) is 14.8. The predicted molar refractivity (Wildman–Crippen MR) is 76.7 cm³/mol. The van der Waals surface area contributed by atoms with Crippen LogP contribution in [0.15, 0.2) is 23.1 Å². The van der Waals surface area contributed by atoms with Crippen molar-refractivity contribution in [1.82, 2.24) is 0 Å². The van der Waals surface area contributed by atoms with Gasteiger partial charge in [-0.05, 0) is 24.5 Å². The van der Waals surface area contributed by atoms with Crippen molar-refractivity contribution in [3.63, 3.8) is 0 Å². The number of nitrogens with zero attached hydrogens (tertiary/aromatic N) is 1. The number of nitrogens with one attached hydrogen (secondary N) is 1. The van der Waals surface area contributed by atoms with Crippen LogP contribution in [0, 0.1) is 16.0 Å². The van der Waals surface area contributed by atoms with Gasteiger partial charge in [0.15, 0.2) is 9.84 Å². The number of hydrogen-bond acceptors (Lipinski definition) is 5. The van der Waals surface area contributed by atoms with Crippen LogP contribution in [0.1, 0.15) is 25.7 Å². The van der Waals surface area contributed by atoms with Gasteiger partial charge in [-0.1, -0.05) is 25.3 Å². The van der Waals surface area contributed by atoms with Crippen LogP contribution >= 0.6 is 0 Å². The van der Waals surface area contributed by atoms with Gasteiger partial charge in [-0.3, -0.25) is 10.1 Å². The van der Waals surface area contributed by atoms with Gasteiger partial charge in [-0.15, -0.1) is 0 Å². The average molecular weight is 298 g/mol. The van der Waals surface area contributed by atoms with E-state index >= 15 is 0 Å². The molecule has 0 unspecified atom stereocenters. The van der Waals surface area contributed by atoms with Crippen molar-refractivity contribution in [3.05, 3.63) is 28.3 Å². The van der Waals surface area contributed by atoms with E-state index in [9.17, 15) is 18.5 Å². The van der Waals surface area contributed by atoms with Gasteiger partial charge in [0.2, 0.25) is 0 Å². The topological polar surface area (TPSA) is 89.3 Å². The van der Waals surface area contributed by atoms with Crippen molar-refractivity contribution < 1.29 is 13.3 Å². The molecule has 0 heterocycles. The molecule has 1 fully saturated rings. The molecule has 0 saturated heterocycles. The second-order valence-electron chi connectivity index (χ2n) is 5.19. The second-order valence-corrected chi connectivity index (χ2v) is 7.18. The molecule has 6 nitrogen and oxygen atoms in total. The standard InChI is InChI=1S/C13H18N2O4S/c1-20(18,19)12-7-3-6-11(13(12)15(16)17)14-9-8-10-4-2-5-10/h3,6-7,10,14H,2,4-5,8-9H2,1H3. The Morgan fingerprint density at radius 3 is 2.60 bits per heavy atom. The van der Waals surface area contributed by atoms with E-state index in [1.165, 1.54) is 31.4 Å². The Balaban J connectivity index is 2.20. The molecule has 1 aromatic rings. The second kappa shape index (κ2) is 5.78. The SMILES string of the molecule is CS(=O)(=O)c1cccc(NCCC2CCC2)c1[N+](=O)[O-]. The summed E-state index contributed by atoms with van der Waals surface area (Å²) in [6.45, 7) is 0.624. The van der Waals surface area contributed by atoms with E-state index in [0.29, 0.717) is 12.5 Å². The van der Waals surface area contributed by atoms with E-state index < -0.39 is 14.8 Å². The monoisotopic (exact) mass is 298 g/mol. The van der Waals surface area contributed by atoms with E-state index in [1.54, 1.807) is 6.07 Å². The van der Waals surface area contributed by atoms with Crippen molar-refractivity contribution in [2.24, 2.45) is 5.92 Å². The third kappa shape index (κ3) is 3.27. The molecule has 0 aliphatic heterocycles. The number of sulfone groups is 1. The first-order chi connectivity index (χ1) is 9.39. The molecule has 0 amide bonds. The van der Waals surface area contributed by atoms with Crippen LogP contribution in [-0.4, -0.2) is 26.1 Å². The molecule has 1 aromatic carbocycles. The first kappa shape index (κ1) is 14.8. The van der Waals surface area contributed by atoms with Crippen molar-refractivity contribution >= 4 is 21.2 Å². The third-order valence-corrected chi connectivity index (χ3v) is 4.80. The van der Waals surface area contributed by atoms with Crippen LogP contribution in [0.4, 0.5) is 11.4 Å². The summed E-state index contributed by atoms with van der Waals surface area (Å²) in [5.74, 6) is 0.694. The smallest absolute Gasteiger partial charge is 0.310 e. The molecule has 0 radical (unpaired) electrons. The van der Waals surface area contributed by atoms with Crippen LogP contribution < -0.4 is 5.32 Å². The Hall–Kier alpha value is -1.63. The van der Waals surface area contributed by atoms with Crippen LogP contribution in [-0.2, 0) is 9.84 Å². The fraction of sp³-hybridized carbons (Fsp3) is 0.538. The molecule has 1 aliphatic carbocycles. The summed E-state index contributed by atoms with van der Waals surface area (Å²) >= 11 is 0. The van der Waals surface area contributed by atoms with Gasteiger partial charge in [-0.25, -0.2) is 8.42 Å². The van der Waals surface area contributed by atoms with E-state index in [4.69, 9.17) is 0 Å². The van der Waals surface area contributed by atoms with Gasteiger partial charge in [0.25, 0.3) is 0 Å². The van der Waals surface area contributed by atoms with Gasteiger partial charge in [0, 0.05) is 12.8 Å². The van der Waals surface area contributed by atoms with Gasteiger partial charge in [-0.2, -0.15) is 0 Å². The lowest BCUT2D eigenvalue weighted by atomic mass is 9.83. The number of para-hydroxylation sites is 1. The fourth-order valence-corrected chi connectivity index (χ4v) is 3.21. The lowest BCUT2D eigenvalue weighted by Gasteiger charge is -2.25. The Morgan fingerprint density at radius 1 is 1.40 bits per heavy atom. The van der Waals surface area contributed by atoms with Crippen LogP contribution in [0.5, 0.6) is 0 Å². The van der Waals surface area contributed by atoms with Crippen molar-refractivity contribution in [1.29, 1.82) is 0 Å². The summed E-state index contributed by atoms with van der Waals surface area (Å²) in [7, 11) is -3.62. The number of rotatable bonds is 6. The summed E-state index contributed by atoms with van der Waals surface area (Å²) in [5, 5.41) is 14.2. The summed E-state index contributed by atoms with van der Waals surface area (Å²) in [6.07, 6.45) is 5.63. The summed E-state index contributed by atoms with van der Waals surface area (Å²) in [6, 6.07) is 4.34. The van der Waals surface area contributed by atoms with Gasteiger partial charge >= 0.3 is 5.69 Å². The minimum absolute atomic E-state index is 0.240. The molecule has 0 bridgehead atoms. The molecule has 2 rings (SSSR count). The van der Waals surface area contributed by atoms with E-state index in [0.717, 1.165) is 12.7 Å². The van der Waals surface area contributed by atoms with Crippen LogP contribution in [0.2, 0.25) is 0 Å². The molecular weight excluding hydrogens is 280 g/mol. The highest BCUT2D eigenvalue weighted by Crippen LogP contribution is 2.33. The molecule has 0 atom stereocenters. The highest BCUT2D eigenvalue weighted by atomic mass is 32.2. The zero-order valence-electron chi connectivity index (χ0n) is 11.3. The molecule has 1 N–H and O–H groups in total. The first-order valence-electron chi connectivity index (χ1n) is 6.61. The first-order valence-corrected chi connectivity index (χ1v) is 8.50. The molecule has 110 valence electrons. The number of nitro groups is 1. The van der Waals surface area contributed by atoms with Gasteiger partial charge in [0.1, 0.15) is 10.6 Å². The lowest BCUT2D eigenvalue weighted by molar-refractivity contribution is -0.386. The molecule has 1 aliphatic rings. The highest BCUT2D eigenvalue weighted by molar-refractivity contribution is 7.90. The maximum atomic E-state index is 11.6. The summed E-state index contributed by atoms with van der Waals surface area (Å²) in [5.41, 5.74) is -0.0825. The van der Waals surface area contributed by atoms with Gasteiger partial charge < -0.3 is 5.32 Å². The van der Waals surface area contributed by atoms with Gasteiger partial charge in [0.05, 0.1) is 4.92 Å². The van der Waals surface area contributed by atoms with Crippen LogP contribution in [0.3, 0.4) is 0 Å². The number of hydrogen-bond donors (Lipinski definition) is 1. The summed E-state index contributed by atoms with van der Waals surface area (Å²) in [4.78, 5) is 10.3. The molecule has 20 heavy (non-hydrogen) atoms. The minimum atomic E-state index is -3.62. The zero-order valence-corrected chi connectivity index (χ0v) is 12.1. The van der Waals surface area contributed by atoms with Crippen molar-refractivity contribution in [3.8, 4) is 0 Å². The van der Waals surface area contributed by atoms with Crippen molar-refractivity contribution in [2.75, 3.05) is 18.1 Å². The Morgan fingerprint density at radius 2 is 2.10 bits per heavy atom. The summed E-state index contributed by atoms with van der Waals surface area (Å²) < 4.78 is 23.2. The largest absolute Gasteiger partial charge is 0.379 e. The average Bonchev–Trinajstić information content (AvgIpc) is 2.30. The maximum Gasteiger partial charge on any atom is 0.310 e.